The number of hydrogen-bond acceptors (Lipinski definition) is 3. The minimum absolute atomic E-state index is 0. The summed E-state index contributed by atoms with van der Waals surface area (Å²) in [6.45, 7) is 6.62. The summed E-state index contributed by atoms with van der Waals surface area (Å²) >= 11 is 0. The third-order valence-corrected chi connectivity index (χ3v) is 1.76. The fraction of sp³-hybridized carbons (Fsp3) is 0.800. The fourth-order valence-electron chi connectivity index (χ4n) is 0.863. The molecule has 0 saturated heterocycles. The number of carbonyl (C=O) groups is 2. The summed E-state index contributed by atoms with van der Waals surface area (Å²) in [6, 6.07) is 0. The number of ether oxygens (including phenoxy) is 1. The van der Waals surface area contributed by atoms with Crippen molar-refractivity contribution in [2.45, 2.75) is 27.2 Å². The van der Waals surface area contributed by atoms with Crippen molar-refractivity contribution in [3.63, 3.8) is 0 Å². The van der Waals surface area contributed by atoms with Crippen molar-refractivity contribution in [3.05, 3.63) is 0 Å². The zero-order valence-electron chi connectivity index (χ0n) is 9.13. The van der Waals surface area contributed by atoms with Gasteiger partial charge in [0.1, 0.15) is 5.78 Å². The van der Waals surface area contributed by atoms with Gasteiger partial charge in [0.25, 0.3) is 0 Å². The van der Waals surface area contributed by atoms with Gasteiger partial charge >= 0.3 is 0 Å². The molecule has 0 fully saturated rings. The molecule has 0 aromatic rings. The van der Waals surface area contributed by atoms with Crippen LogP contribution in [0.25, 0.3) is 0 Å². The highest BCUT2D eigenvalue weighted by molar-refractivity contribution is 5.80. The molecule has 0 aromatic heterocycles. The molecule has 14 heavy (non-hydrogen) atoms. The van der Waals surface area contributed by atoms with Gasteiger partial charge in [-0.2, -0.15) is 0 Å². The van der Waals surface area contributed by atoms with Gasteiger partial charge in [-0.15, -0.1) is 0 Å². The lowest BCUT2D eigenvalue weighted by atomic mass is 10.1. The van der Waals surface area contributed by atoms with Crippen molar-refractivity contribution in [2.75, 3.05) is 19.8 Å². The second kappa shape index (κ2) is 7.50. The van der Waals surface area contributed by atoms with Crippen LogP contribution in [-0.4, -0.2) is 31.4 Å². The summed E-state index contributed by atoms with van der Waals surface area (Å²) in [5.74, 6) is 0.227. The standard InChI is InChI=1S/C10H19NO3.H2/c1-8(2)10(13)4-6-14-7-5-11-9(3)12;/h8H,4-7H2,1-3H3,(H,11,12);1H. The summed E-state index contributed by atoms with van der Waals surface area (Å²) in [5, 5.41) is 2.61. The first-order valence-corrected chi connectivity index (χ1v) is 4.89. The third-order valence-electron chi connectivity index (χ3n) is 1.76. The first kappa shape index (κ1) is 13.1. The first-order chi connectivity index (χ1) is 6.54. The van der Waals surface area contributed by atoms with E-state index in [2.05, 4.69) is 5.32 Å². The topological polar surface area (TPSA) is 55.4 Å². The lowest BCUT2D eigenvalue weighted by Gasteiger charge is -2.05. The number of nitrogens with one attached hydrogen (secondary N) is 1. The minimum Gasteiger partial charge on any atom is -0.379 e. The van der Waals surface area contributed by atoms with Gasteiger partial charge in [0.15, 0.2) is 0 Å². The smallest absolute Gasteiger partial charge is 0.216 e. The van der Waals surface area contributed by atoms with Crippen LogP contribution in [0.1, 0.15) is 28.6 Å². The Balaban J connectivity index is 0. The van der Waals surface area contributed by atoms with Gasteiger partial charge in [-0.25, -0.2) is 0 Å². The maximum absolute atomic E-state index is 11.1. The molecule has 0 atom stereocenters. The number of hydrogen-bond donors (Lipinski definition) is 1. The van der Waals surface area contributed by atoms with E-state index in [0.717, 1.165) is 0 Å². The van der Waals surface area contributed by atoms with E-state index in [0.29, 0.717) is 26.2 Å². The van der Waals surface area contributed by atoms with Gasteiger partial charge in [0.05, 0.1) is 13.2 Å². The molecule has 0 aliphatic rings. The van der Waals surface area contributed by atoms with E-state index in [9.17, 15) is 9.59 Å². The molecule has 0 aromatic carbocycles. The Bertz CT molecular complexity index is 195. The van der Waals surface area contributed by atoms with E-state index in [1.54, 1.807) is 0 Å². The monoisotopic (exact) mass is 203 g/mol. The van der Waals surface area contributed by atoms with Crippen LogP contribution in [0.3, 0.4) is 0 Å². The van der Waals surface area contributed by atoms with Crippen molar-refractivity contribution in [2.24, 2.45) is 5.92 Å². The highest BCUT2D eigenvalue weighted by atomic mass is 16.5. The summed E-state index contributed by atoms with van der Waals surface area (Å²) in [5.41, 5.74) is 0. The Hall–Kier alpha value is -0.900. The van der Waals surface area contributed by atoms with Crippen molar-refractivity contribution >= 4 is 11.7 Å². The molecule has 0 aliphatic carbocycles. The Labute approximate surface area is 86.5 Å². The summed E-state index contributed by atoms with van der Waals surface area (Å²) < 4.78 is 5.17. The minimum atomic E-state index is -0.0631. The van der Waals surface area contributed by atoms with E-state index in [-0.39, 0.29) is 19.0 Å². The second-order valence-electron chi connectivity index (χ2n) is 3.47. The quantitative estimate of drug-likeness (QED) is 0.628. The molecule has 0 aliphatic heterocycles. The summed E-state index contributed by atoms with van der Waals surface area (Å²) in [6.07, 6.45) is 0.456. The lowest BCUT2D eigenvalue weighted by Crippen LogP contribution is -2.24. The number of ketones is 1. The molecule has 1 amide bonds. The Morgan fingerprint density at radius 1 is 1.36 bits per heavy atom. The SMILES string of the molecule is CC(=O)NCCOCCC(=O)C(C)C.[HH]. The largest absolute Gasteiger partial charge is 0.379 e. The lowest BCUT2D eigenvalue weighted by molar-refractivity contribution is -0.123. The zero-order valence-corrected chi connectivity index (χ0v) is 9.13. The van der Waals surface area contributed by atoms with Crippen LogP contribution in [-0.2, 0) is 14.3 Å². The summed E-state index contributed by atoms with van der Waals surface area (Å²) in [4.78, 5) is 21.6. The fourth-order valence-corrected chi connectivity index (χ4v) is 0.863. The summed E-state index contributed by atoms with van der Waals surface area (Å²) in [7, 11) is 0. The highest BCUT2D eigenvalue weighted by Crippen LogP contribution is 1.98. The molecular formula is C10H21NO3. The van der Waals surface area contributed by atoms with Crippen LogP contribution < -0.4 is 5.32 Å². The maximum Gasteiger partial charge on any atom is 0.216 e. The van der Waals surface area contributed by atoms with Crippen LogP contribution >= 0.6 is 0 Å². The molecule has 0 bridgehead atoms. The van der Waals surface area contributed by atoms with Crippen molar-refractivity contribution in [3.8, 4) is 0 Å². The Kier molecular flexibility index (Phi) is 7.02. The molecular weight excluding hydrogens is 182 g/mol. The molecule has 0 spiro atoms. The molecule has 4 nitrogen and oxygen atoms in total. The van der Waals surface area contributed by atoms with Crippen LogP contribution in [0.4, 0.5) is 0 Å². The first-order valence-electron chi connectivity index (χ1n) is 4.89. The van der Waals surface area contributed by atoms with Gasteiger partial charge in [-0.05, 0) is 0 Å². The van der Waals surface area contributed by atoms with E-state index in [4.69, 9.17) is 4.74 Å². The van der Waals surface area contributed by atoms with E-state index < -0.39 is 0 Å². The van der Waals surface area contributed by atoms with Gasteiger partial charge in [0, 0.05) is 27.2 Å². The van der Waals surface area contributed by atoms with Gasteiger partial charge < -0.3 is 10.1 Å². The van der Waals surface area contributed by atoms with Crippen molar-refractivity contribution < 1.29 is 15.8 Å². The molecule has 0 unspecified atom stereocenters. The normalized spacial score (nSPS) is 10.3. The van der Waals surface area contributed by atoms with Crippen molar-refractivity contribution in [1.29, 1.82) is 0 Å². The van der Waals surface area contributed by atoms with Crippen LogP contribution in [0.15, 0.2) is 0 Å². The zero-order chi connectivity index (χ0) is 11.0. The second-order valence-corrected chi connectivity index (χ2v) is 3.47. The molecule has 0 rings (SSSR count). The molecule has 4 heteroatoms. The van der Waals surface area contributed by atoms with Crippen LogP contribution in [0.5, 0.6) is 0 Å². The molecule has 1 N–H and O–H groups in total. The van der Waals surface area contributed by atoms with E-state index in [1.807, 2.05) is 13.8 Å². The number of amides is 1. The predicted octanol–water partition coefficient (Wildman–Crippen LogP) is 1.00. The average Bonchev–Trinajstić information content (AvgIpc) is 2.09. The third kappa shape index (κ3) is 7.73. The average molecular weight is 203 g/mol. The number of Topliss-reactive ketones (excluding diaryl/α,β-unsaturated/α-hetero) is 1. The molecule has 0 saturated carbocycles. The number of rotatable bonds is 7. The maximum atomic E-state index is 11.1. The van der Waals surface area contributed by atoms with Gasteiger partial charge in [0.2, 0.25) is 5.91 Å². The van der Waals surface area contributed by atoms with E-state index in [1.165, 1.54) is 6.92 Å². The number of carbonyl (C=O) groups excluding carboxylic acids is 2. The van der Waals surface area contributed by atoms with Crippen LogP contribution in [0.2, 0.25) is 0 Å². The van der Waals surface area contributed by atoms with Crippen LogP contribution in [0, 0.1) is 5.92 Å². The Morgan fingerprint density at radius 3 is 2.50 bits per heavy atom. The molecule has 0 heterocycles. The van der Waals surface area contributed by atoms with Gasteiger partial charge in [-0.3, -0.25) is 9.59 Å². The van der Waals surface area contributed by atoms with E-state index >= 15 is 0 Å². The predicted molar refractivity (Wildman–Crippen MR) is 56.1 cm³/mol. The molecule has 0 radical (unpaired) electrons. The highest BCUT2D eigenvalue weighted by Gasteiger charge is 2.05. The molecule has 84 valence electrons. The Morgan fingerprint density at radius 2 is 2.00 bits per heavy atom. The van der Waals surface area contributed by atoms with Gasteiger partial charge in [-0.1, -0.05) is 13.8 Å². The van der Waals surface area contributed by atoms with Crippen molar-refractivity contribution in [1.82, 2.24) is 5.32 Å².